The molecule has 1 fully saturated rings. The molecule has 1 atom stereocenters. The summed E-state index contributed by atoms with van der Waals surface area (Å²) in [6.07, 6.45) is 4.66. The van der Waals surface area contributed by atoms with E-state index in [0.717, 1.165) is 18.7 Å². The van der Waals surface area contributed by atoms with Crippen molar-refractivity contribution in [3.63, 3.8) is 0 Å². The summed E-state index contributed by atoms with van der Waals surface area (Å²) >= 11 is 5.81. The van der Waals surface area contributed by atoms with E-state index in [2.05, 4.69) is 19.2 Å². The summed E-state index contributed by atoms with van der Waals surface area (Å²) in [5.41, 5.74) is 0.231. The van der Waals surface area contributed by atoms with Gasteiger partial charge in [-0.05, 0) is 55.5 Å². The van der Waals surface area contributed by atoms with E-state index in [4.69, 9.17) is 16.0 Å². The van der Waals surface area contributed by atoms with E-state index in [1.807, 2.05) is 12.1 Å². The zero-order chi connectivity index (χ0) is 11.6. The minimum Gasteiger partial charge on any atom is -0.450 e. The predicted molar refractivity (Wildman–Crippen MR) is 66.8 cm³/mol. The van der Waals surface area contributed by atoms with Crippen LogP contribution in [0.3, 0.4) is 0 Å². The van der Waals surface area contributed by atoms with Gasteiger partial charge in [0.2, 0.25) is 0 Å². The van der Waals surface area contributed by atoms with E-state index in [9.17, 15) is 0 Å². The Morgan fingerprint density at radius 3 is 2.81 bits per heavy atom. The smallest absolute Gasteiger partial charge is 0.193 e. The summed E-state index contributed by atoms with van der Waals surface area (Å²) in [7, 11) is 0. The van der Waals surface area contributed by atoms with Crippen LogP contribution in [0.2, 0.25) is 5.22 Å². The van der Waals surface area contributed by atoms with Gasteiger partial charge in [-0.3, -0.25) is 0 Å². The Morgan fingerprint density at radius 1 is 1.50 bits per heavy atom. The molecule has 0 saturated carbocycles. The summed E-state index contributed by atoms with van der Waals surface area (Å²) in [6, 6.07) is 3.82. The second-order valence-electron chi connectivity index (χ2n) is 5.29. The third-order valence-corrected chi connectivity index (χ3v) is 3.48. The third kappa shape index (κ3) is 2.80. The first-order valence-corrected chi connectivity index (χ1v) is 6.47. The van der Waals surface area contributed by atoms with Crippen LogP contribution in [-0.2, 0) is 6.42 Å². The van der Waals surface area contributed by atoms with Crippen molar-refractivity contribution in [1.82, 2.24) is 5.32 Å². The van der Waals surface area contributed by atoms with E-state index in [1.165, 1.54) is 19.3 Å². The molecule has 1 saturated heterocycles. The Morgan fingerprint density at radius 2 is 2.31 bits per heavy atom. The molecule has 1 aromatic heterocycles. The topological polar surface area (TPSA) is 25.2 Å². The second kappa shape index (κ2) is 4.80. The zero-order valence-corrected chi connectivity index (χ0v) is 10.8. The molecule has 0 spiro atoms. The number of halogens is 1. The van der Waals surface area contributed by atoms with Crippen molar-refractivity contribution in [3.8, 4) is 0 Å². The first-order chi connectivity index (χ1) is 7.60. The van der Waals surface area contributed by atoms with Crippen molar-refractivity contribution < 1.29 is 4.42 Å². The van der Waals surface area contributed by atoms with Gasteiger partial charge in [0.15, 0.2) is 5.22 Å². The van der Waals surface area contributed by atoms with E-state index in [1.54, 1.807) is 0 Å². The fourth-order valence-electron chi connectivity index (χ4n) is 2.83. The Hall–Kier alpha value is -0.470. The summed E-state index contributed by atoms with van der Waals surface area (Å²) in [5, 5.41) is 4.15. The molecule has 1 aromatic rings. The Labute approximate surface area is 102 Å². The standard InChI is InChI=1S/C13H20ClNO/c1-10(2)8-13(6-3-7-15-13)9-11-4-5-12(14)16-11/h4-5,10,15H,3,6-9H2,1-2H3. The molecular weight excluding hydrogens is 222 g/mol. The lowest BCUT2D eigenvalue weighted by Crippen LogP contribution is -2.43. The first-order valence-electron chi connectivity index (χ1n) is 6.09. The Bertz CT molecular complexity index is 339. The van der Waals surface area contributed by atoms with Crippen LogP contribution in [0.25, 0.3) is 0 Å². The lowest BCUT2D eigenvalue weighted by molar-refractivity contribution is 0.283. The summed E-state index contributed by atoms with van der Waals surface area (Å²) < 4.78 is 5.48. The van der Waals surface area contributed by atoms with Crippen molar-refractivity contribution >= 4 is 11.6 Å². The van der Waals surface area contributed by atoms with Gasteiger partial charge in [-0.15, -0.1) is 0 Å². The molecule has 2 heterocycles. The number of hydrogen-bond acceptors (Lipinski definition) is 2. The van der Waals surface area contributed by atoms with Crippen molar-refractivity contribution in [2.24, 2.45) is 5.92 Å². The Kier molecular flexibility index (Phi) is 3.60. The van der Waals surface area contributed by atoms with Gasteiger partial charge >= 0.3 is 0 Å². The third-order valence-electron chi connectivity index (χ3n) is 3.27. The zero-order valence-electron chi connectivity index (χ0n) is 10.1. The van der Waals surface area contributed by atoms with Crippen LogP contribution in [0.15, 0.2) is 16.5 Å². The molecule has 1 aliphatic rings. The maximum Gasteiger partial charge on any atom is 0.193 e. The average molecular weight is 242 g/mol. The first kappa shape index (κ1) is 12.0. The normalized spacial score (nSPS) is 25.5. The average Bonchev–Trinajstić information content (AvgIpc) is 2.76. The van der Waals surface area contributed by atoms with Gasteiger partial charge in [0.25, 0.3) is 0 Å². The van der Waals surface area contributed by atoms with Crippen LogP contribution in [0.4, 0.5) is 0 Å². The molecule has 0 aliphatic carbocycles. The second-order valence-corrected chi connectivity index (χ2v) is 5.66. The van der Waals surface area contributed by atoms with Crippen LogP contribution in [0.5, 0.6) is 0 Å². The Balaban J connectivity index is 2.08. The molecule has 90 valence electrons. The summed E-state index contributed by atoms with van der Waals surface area (Å²) in [4.78, 5) is 0. The highest BCUT2D eigenvalue weighted by molar-refractivity contribution is 6.28. The molecule has 2 rings (SSSR count). The molecule has 1 unspecified atom stereocenters. The molecule has 3 heteroatoms. The van der Waals surface area contributed by atoms with E-state index >= 15 is 0 Å². The maximum absolute atomic E-state index is 5.81. The molecule has 1 N–H and O–H groups in total. The summed E-state index contributed by atoms with van der Waals surface area (Å²) in [6.45, 7) is 5.68. The van der Waals surface area contributed by atoms with E-state index in [0.29, 0.717) is 11.1 Å². The van der Waals surface area contributed by atoms with Gasteiger partial charge in [-0.25, -0.2) is 0 Å². The largest absolute Gasteiger partial charge is 0.450 e. The molecule has 0 bridgehead atoms. The fourth-order valence-corrected chi connectivity index (χ4v) is 2.99. The maximum atomic E-state index is 5.81. The van der Waals surface area contributed by atoms with E-state index < -0.39 is 0 Å². The minimum absolute atomic E-state index is 0.231. The highest BCUT2D eigenvalue weighted by Crippen LogP contribution is 2.31. The van der Waals surface area contributed by atoms with Crippen LogP contribution in [-0.4, -0.2) is 12.1 Å². The van der Waals surface area contributed by atoms with Crippen molar-refractivity contribution in [1.29, 1.82) is 0 Å². The monoisotopic (exact) mass is 241 g/mol. The molecule has 0 aromatic carbocycles. The van der Waals surface area contributed by atoms with Gasteiger partial charge in [-0.1, -0.05) is 13.8 Å². The minimum atomic E-state index is 0.231. The van der Waals surface area contributed by atoms with Crippen LogP contribution in [0.1, 0.15) is 38.9 Å². The number of rotatable bonds is 4. The molecule has 1 aliphatic heterocycles. The SMILES string of the molecule is CC(C)CC1(Cc2ccc(Cl)o2)CCCN1. The lowest BCUT2D eigenvalue weighted by atomic mass is 9.84. The van der Waals surface area contributed by atoms with Crippen LogP contribution >= 0.6 is 11.6 Å². The molecule has 0 amide bonds. The molecule has 0 radical (unpaired) electrons. The van der Waals surface area contributed by atoms with Gasteiger partial charge in [0.1, 0.15) is 5.76 Å². The van der Waals surface area contributed by atoms with Gasteiger partial charge in [-0.2, -0.15) is 0 Å². The molecule has 2 nitrogen and oxygen atoms in total. The highest BCUT2D eigenvalue weighted by atomic mass is 35.5. The van der Waals surface area contributed by atoms with E-state index in [-0.39, 0.29) is 5.54 Å². The van der Waals surface area contributed by atoms with Crippen molar-refractivity contribution in [2.75, 3.05) is 6.54 Å². The van der Waals surface area contributed by atoms with Crippen molar-refractivity contribution in [3.05, 3.63) is 23.1 Å². The summed E-state index contributed by atoms with van der Waals surface area (Å²) in [5.74, 6) is 1.70. The van der Waals surface area contributed by atoms with Gasteiger partial charge in [0.05, 0.1) is 0 Å². The predicted octanol–water partition coefficient (Wildman–Crippen LogP) is 3.64. The highest BCUT2D eigenvalue weighted by Gasteiger charge is 2.34. The van der Waals surface area contributed by atoms with Crippen molar-refractivity contribution in [2.45, 2.75) is 45.1 Å². The molecular formula is C13H20ClNO. The van der Waals surface area contributed by atoms with Gasteiger partial charge < -0.3 is 9.73 Å². The van der Waals surface area contributed by atoms with Crippen LogP contribution < -0.4 is 5.32 Å². The fraction of sp³-hybridized carbons (Fsp3) is 0.692. The number of hydrogen-bond donors (Lipinski definition) is 1. The van der Waals surface area contributed by atoms with Crippen LogP contribution in [0, 0.1) is 5.92 Å². The number of nitrogens with one attached hydrogen (secondary N) is 1. The molecule has 16 heavy (non-hydrogen) atoms. The number of furan rings is 1. The van der Waals surface area contributed by atoms with Gasteiger partial charge in [0, 0.05) is 12.0 Å². The lowest BCUT2D eigenvalue weighted by Gasteiger charge is -2.30. The quantitative estimate of drug-likeness (QED) is 0.871.